The fourth-order valence-corrected chi connectivity index (χ4v) is 2.08. The largest absolute Gasteiger partial charge is 0.361 e. The van der Waals surface area contributed by atoms with Crippen LogP contribution in [0, 0.1) is 13.8 Å². The van der Waals surface area contributed by atoms with E-state index in [-0.39, 0.29) is 0 Å². The van der Waals surface area contributed by atoms with Crippen molar-refractivity contribution in [1.29, 1.82) is 0 Å². The third-order valence-electron chi connectivity index (χ3n) is 2.93. The number of hydrogen-bond donors (Lipinski definition) is 2. The van der Waals surface area contributed by atoms with Gasteiger partial charge >= 0.3 is 0 Å². The van der Waals surface area contributed by atoms with Crippen LogP contribution in [0.4, 0.5) is 0 Å². The van der Waals surface area contributed by atoms with E-state index in [0.29, 0.717) is 6.42 Å². The molecule has 2 aromatic rings. The number of nitrogens with one attached hydrogen (secondary N) is 1. The molecule has 16 heavy (non-hydrogen) atoms. The van der Waals surface area contributed by atoms with Crippen LogP contribution >= 0.6 is 0 Å². The van der Waals surface area contributed by atoms with Crippen LogP contribution in [-0.4, -0.2) is 17.3 Å². The molecule has 0 saturated heterocycles. The summed E-state index contributed by atoms with van der Waals surface area (Å²) in [7, 11) is 0. The summed E-state index contributed by atoms with van der Waals surface area (Å²) < 4.78 is 0. The molecule has 1 radical (unpaired) electrons. The average Bonchev–Trinajstić information content (AvgIpc) is 2.68. The molecule has 0 amide bonds. The second-order valence-electron chi connectivity index (χ2n) is 4.19. The van der Waals surface area contributed by atoms with Crippen molar-refractivity contribution in [2.24, 2.45) is 5.73 Å². The van der Waals surface area contributed by atoms with Crippen molar-refractivity contribution >= 4 is 17.2 Å². The number of aromatic nitrogens is 1. The van der Waals surface area contributed by atoms with Crippen LogP contribution < -0.4 is 5.73 Å². The summed E-state index contributed by atoms with van der Waals surface area (Å²) in [6, 6.07) is 3.63. The van der Waals surface area contributed by atoms with Gasteiger partial charge in [-0.2, -0.15) is 0 Å². The van der Waals surface area contributed by atoms with Gasteiger partial charge in [-0.25, -0.2) is 0 Å². The highest BCUT2D eigenvalue weighted by Crippen LogP contribution is 2.25. The van der Waals surface area contributed by atoms with Crippen molar-refractivity contribution in [1.82, 2.24) is 4.98 Å². The molecule has 1 heterocycles. The molecule has 1 aromatic heterocycles. The summed E-state index contributed by atoms with van der Waals surface area (Å²) in [5, 5.41) is 1.19. The standard InChI is InChI=1S/C13H15N2O/c1-8-3-4-9(2)13-12(8)10(6-15-13)5-11(14)7-16/h3-4,6,11,15H,5,14H2,1-2H3/t11-/m0/s1. The lowest BCUT2D eigenvalue weighted by Crippen LogP contribution is -2.23. The summed E-state index contributed by atoms with van der Waals surface area (Å²) in [5.74, 6) is 0. The van der Waals surface area contributed by atoms with Gasteiger partial charge in [0.05, 0.1) is 6.04 Å². The fraction of sp³-hybridized carbons (Fsp3) is 0.308. The zero-order chi connectivity index (χ0) is 11.7. The van der Waals surface area contributed by atoms with Gasteiger partial charge in [0, 0.05) is 17.1 Å². The number of fused-ring (bicyclic) bond motifs is 1. The minimum Gasteiger partial charge on any atom is -0.361 e. The lowest BCUT2D eigenvalue weighted by atomic mass is 10.0. The number of benzene rings is 1. The first kappa shape index (κ1) is 10.9. The predicted octanol–water partition coefficient (Wildman–Crippen LogP) is 1.76. The van der Waals surface area contributed by atoms with Crippen molar-refractivity contribution < 1.29 is 4.79 Å². The van der Waals surface area contributed by atoms with E-state index in [0.717, 1.165) is 11.1 Å². The Balaban J connectivity index is 2.55. The van der Waals surface area contributed by atoms with Crippen LogP contribution in [-0.2, 0) is 11.2 Å². The number of H-pyrrole nitrogens is 1. The Morgan fingerprint density at radius 1 is 1.38 bits per heavy atom. The zero-order valence-corrected chi connectivity index (χ0v) is 9.50. The maximum Gasteiger partial charge on any atom is 0.217 e. The van der Waals surface area contributed by atoms with Gasteiger partial charge in [-0.05, 0) is 37.0 Å². The smallest absolute Gasteiger partial charge is 0.217 e. The molecule has 2 rings (SSSR count). The molecule has 1 atom stereocenters. The zero-order valence-electron chi connectivity index (χ0n) is 9.50. The van der Waals surface area contributed by atoms with Gasteiger partial charge in [0.25, 0.3) is 0 Å². The lowest BCUT2D eigenvalue weighted by Gasteiger charge is -2.05. The van der Waals surface area contributed by atoms with Crippen molar-refractivity contribution in [3.8, 4) is 0 Å². The Kier molecular flexibility index (Phi) is 2.79. The molecule has 0 aliphatic rings. The molecule has 0 fully saturated rings. The molecular weight excluding hydrogens is 200 g/mol. The van der Waals surface area contributed by atoms with Crippen LogP contribution in [0.1, 0.15) is 16.7 Å². The molecule has 0 spiro atoms. The summed E-state index contributed by atoms with van der Waals surface area (Å²) in [4.78, 5) is 13.7. The topological polar surface area (TPSA) is 58.9 Å². The van der Waals surface area contributed by atoms with E-state index in [2.05, 4.69) is 31.0 Å². The highest BCUT2D eigenvalue weighted by atomic mass is 16.1. The Hall–Kier alpha value is -1.61. The molecule has 0 aliphatic heterocycles. The van der Waals surface area contributed by atoms with Crippen molar-refractivity contribution in [2.45, 2.75) is 26.3 Å². The van der Waals surface area contributed by atoms with Crippen molar-refractivity contribution in [3.63, 3.8) is 0 Å². The van der Waals surface area contributed by atoms with Gasteiger partial charge in [-0.15, -0.1) is 0 Å². The molecule has 0 saturated carbocycles. The predicted molar refractivity (Wildman–Crippen MR) is 65.1 cm³/mol. The van der Waals surface area contributed by atoms with E-state index < -0.39 is 6.04 Å². The monoisotopic (exact) mass is 215 g/mol. The quantitative estimate of drug-likeness (QED) is 0.819. The third-order valence-corrected chi connectivity index (χ3v) is 2.93. The number of carbonyl (C=O) groups excluding carboxylic acids is 1. The van der Waals surface area contributed by atoms with Crippen LogP contribution in [0.5, 0.6) is 0 Å². The minimum atomic E-state index is -0.543. The summed E-state index contributed by atoms with van der Waals surface area (Å²) >= 11 is 0. The molecule has 3 N–H and O–H groups in total. The van der Waals surface area contributed by atoms with Gasteiger partial charge < -0.3 is 10.7 Å². The first-order valence-electron chi connectivity index (χ1n) is 5.33. The number of hydrogen-bond acceptors (Lipinski definition) is 2. The highest BCUT2D eigenvalue weighted by Gasteiger charge is 2.11. The molecule has 3 nitrogen and oxygen atoms in total. The van der Waals surface area contributed by atoms with E-state index in [1.54, 1.807) is 0 Å². The summed E-state index contributed by atoms with van der Waals surface area (Å²) in [6.07, 6.45) is 4.28. The maximum atomic E-state index is 10.5. The summed E-state index contributed by atoms with van der Waals surface area (Å²) in [6.45, 7) is 4.13. The molecule has 0 aliphatic carbocycles. The minimum absolute atomic E-state index is 0.536. The molecule has 1 aromatic carbocycles. The molecule has 3 heteroatoms. The molecule has 0 unspecified atom stereocenters. The van der Waals surface area contributed by atoms with E-state index in [1.165, 1.54) is 16.5 Å². The first-order chi connectivity index (χ1) is 7.63. The second-order valence-corrected chi connectivity index (χ2v) is 4.19. The lowest BCUT2D eigenvalue weighted by molar-refractivity contribution is 0.541. The molecule has 83 valence electrons. The number of nitrogens with two attached hydrogens (primary N) is 1. The van der Waals surface area contributed by atoms with E-state index in [4.69, 9.17) is 5.73 Å². The Bertz CT molecular complexity index is 528. The average molecular weight is 215 g/mol. The van der Waals surface area contributed by atoms with Crippen LogP contribution in [0.25, 0.3) is 10.9 Å². The number of aryl methyl sites for hydroxylation is 2. The second kappa shape index (κ2) is 4.10. The van der Waals surface area contributed by atoms with E-state index in [9.17, 15) is 4.79 Å². The van der Waals surface area contributed by atoms with Crippen LogP contribution in [0.15, 0.2) is 18.3 Å². The molecular formula is C13H15N2O. The number of rotatable bonds is 3. The normalized spacial score (nSPS) is 12.9. The van der Waals surface area contributed by atoms with Gasteiger partial charge in [-0.1, -0.05) is 12.1 Å². The van der Waals surface area contributed by atoms with E-state index >= 15 is 0 Å². The van der Waals surface area contributed by atoms with Crippen LogP contribution in [0.2, 0.25) is 0 Å². The van der Waals surface area contributed by atoms with E-state index in [1.807, 2.05) is 12.5 Å². The molecule has 0 bridgehead atoms. The Labute approximate surface area is 94.6 Å². The SMILES string of the molecule is Cc1ccc(C)c2c(C[C@H](N)[C]=O)c[nH]c12. The van der Waals surface area contributed by atoms with Gasteiger partial charge in [-0.3, -0.25) is 4.79 Å². The van der Waals surface area contributed by atoms with Gasteiger partial charge in [0.2, 0.25) is 6.29 Å². The van der Waals surface area contributed by atoms with Crippen LogP contribution in [0.3, 0.4) is 0 Å². The van der Waals surface area contributed by atoms with Crippen molar-refractivity contribution in [3.05, 3.63) is 35.0 Å². The van der Waals surface area contributed by atoms with Gasteiger partial charge in [0.1, 0.15) is 0 Å². The summed E-state index contributed by atoms with van der Waals surface area (Å²) in [5.41, 5.74) is 10.2. The number of aromatic amines is 1. The highest BCUT2D eigenvalue weighted by molar-refractivity contribution is 5.89. The Morgan fingerprint density at radius 2 is 2.06 bits per heavy atom. The van der Waals surface area contributed by atoms with Crippen molar-refractivity contribution in [2.75, 3.05) is 0 Å². The maximum absolute atomic E-state index is 10.5. The third kappa shape index (κ3) is 1.74. The van der Waals surface area contributed by atoms with Gasteiger partial charge in [0.15, 0.2) is 0 Å². The fourth-order valence-electron chi connectivity index (χ4n) is 2.08. The first-order valence-corrected chi connectivity index (χ1v) is 5.33. The Morgan fingerprint density at radius 3 is 2.75 bits per heavy atom.